The highest BCUT2D eigenvalue weighted by molar-refractivity contribution is 9.10. The van der Waals surface area contributed by atoms with Crippen molar-refractivity contribution in [2.75, 3.05) is 0 Å². The van der Waals surface area contributed by atoms with E-state index in [2.05, 4.69) is 26.1 Å². The molecule has 2 atom stereocenters. The average molecular weight is 311 g/mol. The van der Waals surface area contributed by atoms with E-state index in [1.54, 1.807) is 6.92 Å². The van der Waals surface area contributed by atoms with E-state index in [0.717, 1.165) is 16.5 Å². The van der Waals surface area contributed by atoms with Crippen molar-refractivity contribution >= 4 is 15.9 Å². The molecule has 0 spiro atoms. The lowest BCUT2D eigenvalue weighted by Gasteiger charge is -2.12. The summed E-state index contributed by atoms with van der Waals surface area (Å²) in [5.74, 6) is 0.934. The number of halogens is 1. The van der Waals surface area contributed by atoms with Gasteiger partial charge in [-0.15, -0.1) is 0 Å². The van der Waals surface area contributed by atoms with Crippen LogP contribution in [-0.4, -0.2) is 21.4 Å². The number of hydrogen-bond donors (Lipinski definition) is 1. The van der Waals surface area contributed by atoms with Crippen LogP contribution in [0.15, 0.2) is 33.3 Å². The molecule has 0 aliphatic carbocycles. The summed E-state index contributed by atoms with van der Waals surface area (Å²) in [5, 5.41) is 13.6. The van der Waals surface area contributed by atoms with Gasteiger partial charge >= 0.3 is 0 Å². The largest absolute Gasteiger partial charge is 0.393 e. The van der Waals surface area contributed by atoms with Crippen molar-refractivity contribution in [3.05, 3.63) is 34.6 Å². The Morgan fingerprint density at radius 3 is 2.56 bits per heavy atom. The fourth-order valence-corrected chi connectivity index (χ4v) is 2.09. The van der Waals surface area contributed by atoms with Crippen molar-refractivity contribution in [1.29, 1.82) is 0 Å². The van der Waals surface area contributed by atoms with Gasteiger partial charge < -0.3 is 9.63 Å². The SMILES string of the molecule is CCC(c1nc(-c2ccc(Br)cc2)no1)C(C)O. The topological polar surface area (TPSA) is 59.2 Å². The first-order valence-corrected chi connectivity index (χ1v) is 6.68. The third kappa shape index (κ3) is 2.79. The molecule has 0 radical (unpaired) electrons. The molecule has 0 fully saturated rings. The molecule has 2 rings (SSSR count). The monoisotopic (exact) mass is 310 g/mol. The van der Waals surface area contributed by atoms with Crippen LogP contribution in [0.25, 0.3) is 11.4 Å². The molecule has 5 heteroatoms. The zero-order valence-electron chi connectivity index (χ0n) is 10.3. The molecule has 0 aliphatic heterocycles. The maximum absolute atomic E-state index is 9.65. The smallest absolute Gasteiger partial charge is 0.232 e. The van der Waals surface area contributed by atoms with Gasteiger partial charge in [-0.25, -0.2) is 0 Å². The zero-order chi connectivity index (χ0) is 13.1. The van der Waals surface area contributed by atoms with Crippen molar-refractivity contribution in [1.82, 2.24) is 10.1 Å². The van der Waals surface area contributed by atoms with Gasteiger partial charge in [-0.2, -0.15) is 4.98 Å². The van der Waals surface area contributed by atoms with Gasteiger partial charge in [0.15, 0.2) is 0 Å². The summed E-state index contributed by atoms with van der Waals surface area (Å²) in [4.78, 5) is 4.35. The number of aromatic nitrogens is 2. The maximum Gasteiger partial charge on any atom is 0.232 e. The van der Waals surface area contributed by atoms with Crippen LogP contribution >= 0.6 is 15.9 Å². The Bertz CT molecular complexity index is 508. The van der Waals surface area contributed by atoms with Crippen molar-refractivity contribution in [3.8, 4) is 11.4 Å². The Hall–Kier alpha value is -1.20. The van der Waals surface area contributed by atoms with Gasteiger partial charge in [0.1, 0.15) is 0 Å². The van der Waals surface area contributed by atoms with Gasteiger partial charge in [-0.3, -0.25) is 0 Å². The molecule has 1 N–H and O–H groups in total. The minimum absolute atomic E-state index is 0.110. The summed E-state index contributed by atoms with van der Waals surface area (Å²) in [6.07, 6.45) is 0.271. The molecule has 0 amide bonds. The molecule has 1 aromatic carbocycles. The first kappa shape index (κ1) is 13.2. The highest BCUT2D eigenvalue weighted by Crippen LogP contribution is 2.25. The fraction of sp³-hybridized carbons (Fsp3) is 0.385. The molecular weight excluding hydrogens is 296 g/mol. The molecule has 4 nitrogen and oxygen atoms in total. The molecule has 0 saturated heterocycles. The fourth-order valence-electron chi connectivity index (χ4n) is 1.82. The van der Waals surface area contributed by atoms with Crippen LogP contribution in [-0.2, 0) is 0 Å². The van der Waals surface area contributed by atoms with Gasteiger partial charge in [0.25, 0.3) is 0 Å². The average Bonchev–Trinajstić information content (AvgIpc) is 2.80. The Morgan fingerprint density at radius 1 is 1.33 bits per heavy atom. The second-order valence-corrected chi connectivity index (χ2v) is 5.13. The second kappa shape index (κ2) is 5.63. The number of aliphatic hydroxyl groups is 1. The number of rotatable bonds is 4. The first-order valence-electron chi connectivity index (χ1n) is 5.89. The minimum atomic E-state index is -0.492. The van der Waals surface area contributed by atoms with Gasteiger partial charge in [-0.1, -0.05) is 28.0 Å². The lowest BCUT2D eigenvalue weighted by atomic mass is 10.0. The molecule has 0 bridgehead atoms. The van der Waals surface area contributed by atoms with Gasteiger partial charge in [0, 0.05) is 10.0 Å². The van der Waals surface area contributed by atoms with E-state index in [1.807, 2.05) is 31.2 Å². The van der Waals surface area contributed by atoms with Gasteiger partial charge in [0.05, 0.1) is 12.0 Å². The van der Waals surface area contributed by atoms with Crippen molar-refractivity contribution in [3.63, 3.8) is 0 Å². The normalized spacial score (nSPS) is 14.4. The number of nitrogens with zero attached hydrogens (tertiary/aromatic N) is 2. The highest BCUT2D eigenvalue weighted by Gasteiger charge is 2.22. The van der Waals surface area contributed by atoms with Crippen LogP contribution in [0.3, 0.4) is 0 Å². The van der Waals surface area contributed by atoms with E-state index in [9.17, 15) is 5.11 Å². The molecular formula is C13H15BrN2O2. The summed E-state index contributed by atoms with van der Waals surface area (Å²) in [7, 11) is 0. The van der Waals surface area contributed by atoms with E-state index in [0.29, 0.717) is 11.7 Å². The quantitative estimate of drug-likeness (QED) is 0.940. The van der Waals surface area contributed by atoms with Crippen LogP contribution in [0.4, 0.5) is 0 Å². The predicted octanol–water partition coefficient (Wildman–Crippen LogP) is 3.37. The molecule has 18 heavy (non-hydrogen) atoms. The summed E-state index contributed by atoms with van der Waals surface area (Å²) >= 11 is 3.38. The molecule has 2 aromatic rings. The number of aliphatic hydroxyl groups excluding tert-OH is 1. The van der Waals surface area contributed by atoms with Crippen LogP contribution in [0.5, 0.6) is 0 Å². The number of hydrogen-bond acceptors (Lipinski definition) is 4. The van der Waals surface area contributed by atoms with Crippen LogP contribution < -0.4 is 0 Å². The zero-order valence-corrected chi connectivity index (χ0v) is 11.9. The maximum atomic E-state index is 9.65. The lowest BCUT2D eigenvalue weighted by Crippen LogP contribution is -2.13. The Morgan fingerprint density at radius 2 is 2.00 bits per heavy atom. The van der Waals surface area contributed by atoms with Gasteiger partial charge in [0.2, 0.25) is 11.7 Å². The van der Waals surface area contributed by atoms with Crippen LogP contribution in [0.2, 0.25) is 0 Å². The molecule has 2 unspecified atom stereocenters. The summed E-state index contributed by atoms with van der Waals surface area (Å²) in [5.41, 5.74) is 0.897. The van der Waals surface area contributed by atoms with E-state index < -0.39 is 6.10 Å². The molecule has 0 aliphatic rings. The van der Waals surface area contributed by atoms with Crippen molar-refractivity contribution in [2.45, 2.75) is 32.3 Å². The van der Waals surface area contributed by atoms with Gasteiger partial charge in [-0.05, 0) is 37.6 Å². The van der Waals surface area contributed by atoms with E-state index >= 15 is 0 Å². The molecule has 1 heterocycles. The molecule has 96 valence electrons. The summed E-state index contributed by atoms with van der Waals surface area (Å²) < 4.78 is 6.24. The summed E-state index contributed by atoms with van der Waals surface area (Å²) in [6, 6.07) is 7.69. The minimum Gasteiger partial charge on any atom is -0.393 e. The van der Waals surface area contributed by atoms with Crippen LogP contribution in [0, 0.1) is 0 Å². The van der Waals surface area contributed by atoms with E-state index in [4.69, 9.17) is 4.52 Å². The van der Waals surface area contributed by atoms with Crippen LogP contribution in [0.1, 0.15) is 32.1 Å². The van der Waals surface area contributed by atoms with Crippen molar-refractivity contribution in [2.24, 2.45) is 0 Å². The third-order valence-electron chi connectivity index (χ3n) is 2.88. The Kier molecular flexibility index (Phi) is 4.14. The third-order valence-corrected chi connectivity index (χ3v) is 3.41. The molecule has 1 aromatic heterocycles. The first-order chi connectivity index (χ1) is 8.61. The second-order valence-electron chi connectivity index (χ2n) is 4.22. The summed E-state index contributed by atoms with van der Waals surface area (Å²) in [6.45, 7) is 3.72. The van der Waals surface area contributed by atoms with E-state index in [1.165, 1.54) is 0 Å². The Labute approximate surface area is 114 Å². The standard InChI is InChI=1S/C13H15BrN2O2/c1-3-11(8(2)17)13-15-12(16-18-13)9-4-6-10(14)7-5-9/h4-8,11,17H,3H2,1-2H3. The number of benzene rings is 1. The predicted molar refractivity (Wildman–Crippen MR) is 72.1 cm³/mol. The van der Waals surface area contributed by atoms with Crippen molar-refractivity contribution < 1.29 is 9.63 Å². The lowest BCUT2D eigenvalue weighted by molar-refractivity contribution is 0.141. The van der Waals surface area contributed by atoms with E-state index in [-0.39, 0.29) is 5.92 Å². The highest BCUT2D eigenvalue weighted by atomic mass is 79.9. The molecule has 0 saturated carbocycles. The Balaban J connectivity index is 2.27.